The van der Waals surface area contributed by atoms with Crippen LogP contribution in [0.2, 0.25) is 0 Å². The molecule has 18 heavy (non-hydrogen) atoms. The summed E-state index contributed by atoms with van der Waals surface area (Å²) in [6.07, 6.45) is 4.12. The molecule has 0 bridgehead atoms. The van der Waals surface area contributed by atoms with Crippen molar-refractivity contribution in [1.82, 2.24) is 15.5 Å². The maximum Gasteiger partial charge on any atom is 0.220 e. The lowest BCUT2D eigenvalue weighted by Gasteiger charge is -2.22. The summed E-state index contributed by atoms with van der Waals surface area (Å²) in [5.41, 5.74) is 0. The van der Waals surface area contributed by atoms with Crippen LogP contribution >= 0.6 is 0 Å². The van der Waals surface area contributed by atoms with Crippen molar-refractivity contribution in [2.24, 2.45) is 5.92 Å². The molecule has 1 amide bonds. The predicted octanol–water partition coefficient (Wildman–Crippen LogP) is 1.22. The molecule has 1 heterocycles. The highest BCUT2D eigenvalue weighted by Crippen LogP contribution is 2.13. The summed E-state index contributed by atoms with van der Waals surface area (Å²) in [6.45, 7) is 8.34. The van der Waals surface area contributed by atoms with Gasteiger partial charge in [0.25, 0.3) is 0 Å². The molecule has 4 heteroatoms. The monoisotopic (exact) mass is 255 g/mol. The fourth-order valence-electron chi connectivity index (χ4n) is 2.25. The van der Waals surface area contributed by atoms with Gasteiger partial charge in [-0.3, -0.25) is 4.79 Å². The van der Waals surface area contributed by atoms with Crippen LogP contribution in [-0.2, 0) is 4.79 Å². The highest BCUT2D eigenvalue weighted by atomic mass is 16.1. The van der Waals surface area contributed by atoms with Crippen LogP contribution in [0.25, 0.3) is 0 Å². The molecule has 1 fully saturated rings. The van der Waals surface area contributed by atoms with E-state index >= 15 is 0 Å². The topological polar surface area (TPSA) is 44.4 Å². The minimum Gasteiger partial charge on any atom is -0.356 e. The predicted molar refractivity (Wildman–Crippen MR) is 75.6 cm³/mol. The van der Waals surface area contributed by atoms with E-state index < -0.39 is 0 Å². The summed E-state index contributed by atoms with van der Waals surface area (Å²) in [7, 11) is 2.13. The first kappa shape index (κ1) is 15.4. The van der Waals surface area contributed by atoms with Crippen LogP contribution in [0, 0.1) is 5.92 Å². The Balaban J connectivity index is 2.02. The van der Waals surface area contributed by atoms with Crippen LogP contribution in [0.4, 0.5) is 0 Å². The van der Waals surface area contributed by atoms with Crippen molar-refractivity contribution in [1.29, 1.82) is 0 Å². The minimum atomic E-state index is 0.218. The molecule has 0 radical (unpaired) electrons. The molecule has 0 saturated carbocycles. The highest BCUT2D eigenvalue weighted by molar-refractivity contribution is 5.76. The average Bonchev–Trinajstić information content (AvgIpc) is 2.35. The summed E-state index contributed by atoms with van der Waals surface area (Å²) in [5.74, 6) is 0.757. The first-order valence-electron chi connectivity index (χ1n) is 7.27. The van der Waals surface area contributed by atoms with E-state index in [-0.39, 0.29) is 5.91 Å². The molecule has 0 aliphatic carbocycles. The van der Waals surface area contributed by atoms with Gasteiger partial charge in [0.05, 0.1) is 0 Å². The normalized spacial score (nSPS) is 20.4. The molecule has 1 aliphatic rings. The molecule has 1 atom stereocenters. The lowest BCUT2D eigenvalue weighted by molar-refractivity contribution is -0.122. The van der Waals surface area contributed by atoms with Gasteiger partial charge in [-0.05, 0) is 65.7 Å². The number of nitrogens with zero attached hydrogens (tertiary/aromatic N) is 1. The number of rotatable bonds is 7. The van der Waals surface area contributed by atoms with Gasteiger partial charge in [0, 0.05) is 19.0 Å². The van der Waals surface area contributed by atoms with E-state index in [1.54, 1.807) is 0 Å². The molecule has 0 aromatic carbocycles. The molecule has 0 aromatic heterocycles. The number of amides is 1. The number of carbonyl (C=O) groups excluding carboxylic acids is 1. The molecule has 1 unspecified atom stereocenters. The summed E-state index contributed by atoms with van der Waals surface area (Å²) >= 11 is 0. The second-order valence-corrected chi connectivity index (χ2v) is 5.69. The Hall–Kier alpha value is -0.610. The average molecular weight is 255 g/mol. The van der Waals surface area contributed by atoms with Gasteiger partial charge in [0.15, 0.2) is 0 Å². The Bertz CT molecular complexity index is 237. The van der Waals surface area contributed by atoms with Crippen LogP contribution in [0.3, 0.4) is 0 Å². The lowest BCUT2D eigenvalue weighted by atomic mass is 9.96. The third-order valence-electron chi connectivity index (χ3n) is 3.76. The second-order valence-electron chi connectivity index (χ2n) is 5.69. The van der Waals surface area contributed by atoms with Gasteiger partial charge in [0.1, 0.15) is 0 Å². The van der Waals surface area contributed by atoms with Gasteiger partial charge in [-0.15, -0.1) is 0 Å². The smallest absolute Gasteiger partial charge is 0.220 e. The highest BCUT2D eigenvalue weighted by Gasteiger charge is 2.16. The molecule has 0 spiro atoms. The Morgan fingerprint density at radius 3 is 2.89 bits per heavy atom. The van der Waals surface area contributed by atoms with E-state index in [1.807, 2.05) is 0 Å². The Labute approximate surface area is 111 Å². The standard InChI is InChI=1S/C14H29N3O/c1-12(2)17(3)9-5-8-16-14(18)10-13-6-4-7-15-11-13/h12-13,15H,4-11H2,1-3H3,(H,16,18). The van der Waals surface area contributed by atoms with Crippen LogP contribution in [0.1, 0.15) is 39.5 Å². The molecule has 1 saturated heterocycles. The van der Waals surface area contributed by atoms with Gasteiger partial charge < -0.3 is 15.5 Å². The van der Waals surface area contributed by atoms with Crippen LogP contribution in [0.15, 0.2) is 0 Å². The molecule has 4 nitrogen and oxygen atoms in total. The van der Waals surface area contributed by atoms with E-state index in [4.69, 9.17) is 0 Å². The molecule has 1 rings (SSSR count). The van der Waals surface area contributed by atoms with Crippen LogP contribution in [0.5, 0.6) is 0 Å². The summed E-state index contributed by atoms with van der Waals surface area (Å²) in [4.78, 5) is 14.0. The first-order chi connectivity index (χ1) is 8.59. The lowest BCUT2D eigenvalue weighted by Crippen LogP contribution is -2.35. The number of carbonyl (C=O) groups is 1. The zero-order chi connectivity index (χ0) is 13.4. The second kappa shape index (κ2) is 8.48. The maximum absolute atomic E-state index is 11.7. The van der Waals surface area contributed by atoms with Crippen LogP contribution < -0.4 is 10.6 Å². The molecular weight excluding hydrogens is 226 g/mol. The molecule has 106 valence electrons. The molecule has 1 aliphatic heterocycles. The quantitative estimate of drug-likeness (QED) is 0.672. The largest absolute Gasteiger partial charge is 0.356 e. The maximum atomic E-state index is 11.7. The SMILES string of the molecule is CC(C)N(C)CCCNC(=O)CC1CCCNC1. The van der Waals surface area contributed by atoms with Crippen LogP contribution in [-0.4, -0.2) is 50.1 Å². The van der Waals surface area contributed by atoms with Gasteiger partial charge in [0.2, 0.25) is 5.91 Å². The van der Waals surface area contributed by atoms with E-state index in [2.05, 4.69) is 36.4 Å². The van der Waals surface area contributed by atoms with Gasteiger partial charge in [-0.2, -0.15) is 0 Å². The molecular formula is C14H29N3O. The molecule has 2 N–H and O–H groups in total. The Kier molecular flexibility index (Phi) is 7.28. The summed E-state index contributed by atoms with van der Waals surface area (Å²) in [6, 6.07) is 0.578. The fourth-order valence-corrected chi connectivity index (χ4v) is 2.25. The van der Waals surface area contributed by atoms with Crippen molar-refractivity contribution in [3.8, 4) is 0 Å². The van der Waals surface area contributed by atoms with Crippen molar-refractivity contribution < 1.29 is 4.79 Å². The summed E-state index contributed by atoms with van der Waals surface area (Å²) < 4.78 is 0. The Morgan fingerprint density at radius 1 is 1.50 bits per heavy atom. The van der Waals surface area contributed by atoms with E-state index in [0.29, 0.717) is 18.4 Å². The fraction of sp³-hybridized carbons (Fsp3) is 0.929. The molecule has 0 aromatic rings. The van der Waals surface area contributed by atoms with E-state index in [1.165, 1.54) is 12.8 Å². The number of piperidine rings is 1. The van der Waals surface area contributed by atoms with Crippen molar-refractivity contribution in [2.75, 3.05) is 33.2 Å². The van der Waals surface area contributed by atoms with Crippen molar-refractivity contribution in [3.05, 3.63) is 0 Å². The number of hydrogen-bond donors (Lipinski definition) is 2. The zero-order valence-corrected chi connectivity index (χ0v) is 12.2. The Morgan fingerprint density at radius 2 is 2.28 bits per heavy atom. The first-order valence-corrected chi connectivity index (χ1v) is 7.27. The van der Waals surface area contributed by atoms with Gasteiger partial charge in [-0.25, -0.2) is 0 Å². The minimum absolute atomic E-state index is 0.218. The van der Waals surface area contributed by atoms with Crippen molar-refractivity contribution in [3.63, 3.8) is 0 Å². The summed E-state index contributed by atoms with van der Waals surface area (Å²) in [5, 5.41) is 6.38. The third-order valence-corrected chi connectivity index (χ3v) is 3.76. The number of nitrogens with one attached hydrogen (secondary N) is 2. The van der Waals surface area contributed by atoms with Gasteiger partial charge in [-0.1, -0.05) is 0 Å². The number of hydrogen-bond acceptors (Lipinski definition) is 3. The van der Waals surface area contributed by atoms with Crippen molar-refractivity contribution >= 4 is 5.91 Å². The third kappa shape index (κ3) is 6.36. The van der Waals surface area contributed by atoms with E-state index in [9.17, 15) is 4.79 Å². The van der Waals surface area contributed by atoms with E-state index in [0.717, 1.165) is 32.6 Å². The zero-order valence-electron chi connectivity index (χ0n) is 12.2. The van der Waals surface area contributed by atoms with Crippen molar-refractivity contribution in [2.45, 2.75) is 45.6 Å². The van der Waals surface area contributed by atoms with Gasteiger partial charge >= 0.3 is 0 Å².